The third kappa shape index (κ3) is 4.21. The van der Waals surface area contributed by atoms with Crippen molar-refractivity contribution in [2.24, 2.45) is 10.8 Å². The summed E-state index contributed by atoms with van der Waals surface area (Å²) in [4.78, 5) is 11.8. The molecule has 0 unspecified atom stereocenters. The number of hydrogen-bond acceptors (Lipinski definition) is 2. The normalized spacial score (nSPS) is 17.8. The smallest absolute Gasteiger partial charge is 0.407 e. The zero-order chi connectivity index (χ0) is 13.3. The molecular formula is C14H27NO2. The number of amides is 1. The van der Waals surface area contributed by atoms with Crippen molar-refractivity contribution < 1.29 is 9.53 Å². The van der Waals surface area contributed by atoms with E-state index in [4.69, 9.17) is 4.74 Å². The molecule has 1 aliphatic rings. The van der Waals surface area contributed by atoms with Gasteiger partial charge < -0.3 is 10.1 Å². The number of nitrogens with one attached hydrogen (secondary N) is 1. The molecule has 1 amide bonds. The van der Waals surface area contributed by atoms with E-state index < -0.39 is 0 Å². The third-order valence-electron chi connectivity index (χ3n) is 3.32. The Bertz CT molecular complexity index is 255. The average molecular weight is 241 g/mol. The highest BCUT2D eigenvalue weighted by Gasteiger charge is 2.37. The van der Waals surface area contributed by atoms with Crippen LogP contribution in [0.15, 0.2) is 0 Å². The topological polar surface area (TPSA) is 38.3 Å². The Balaban J connectivity index is 2.56. The van der Waals surface area contributed by atoms with Gasteiger partial charge in [-0.3, -0.25) is 0 Å². The van der Waals surface area contributed by atoms with Crippen molar-refractivity contribution in [3.05, 3.63) is 0 Å². The quantitative estimate of drug-likeness (QED) is 0.800. The van der Waals surface area contributed by atoms with Crippen molar-refractivity contribution in [1.29, 1.82) is 0 Å². The first-order valence-corrected chi connectivity index (χ1v) is 6.58. The van der Waals surface area contributed by atoms with Gasteiger partial charge in [0.15, 0.2) is 0 Å². The number of rotatable bonds is 2. The molecule has 0 heterocycles. The molecule has 100 valence electrons. The molecule has 17 heavy (non-hydrogen) atoms. The molecule has 0 aromatic rings. The van der Waals surface area contributed by atoms with Crippen LogP contribution in [0.4, 0.5) is 4.79 Å². The van der Waals surface area contributed by atoms with Crippen molar-refractivity contribution in [2.75, 3.05) is 0 Å². The minimum atomic E-state index is -0.260. The molecule has 1 aliphatic carbocycles. The molecule has 3 nitrogen and oxygen atoms in total. The highest BCUT2D eigenvalue weighted by molar-refractivity contribution is 5.68. The summed E-state index contributed by atoms with van der Waals surface area (Å²) in [5, 5.41) is 3.03. The summed E-state index contributed by atoms with van der Waals surface area (Å²) in [5.41, 5.74) is 0.0494. The molecule has 0 atom stereocenters. The van der Waals surface area contributed by atoms with Gasteiger partial charge in [-0.15, -0.1) is 0 Å². The fourth-order valence-electron chi connectivity index (χ4n) is 2.52. The van der Waals surface area contributed by atoms with E-state index in [9.17, 15) is 4.79 Å². The Labute approximate surface area is 105 Å². The van der Waals surface area contributed by atoms with Crippen LogP contribution in [-0.2, 0) is 4.74 Å². The lowest BCUT2D eigenvalue weighted by atomic mass is 9.72. The number of ether oxygens (including phenoxy) is 1. The van der Waals surface area contributed by atoms with Crippen molar-refractivity contribution >= 4 is 6.09 Å². The molecule has 0 aromatic heterocycles. The van der Waals surface area contributed by atoms with Crippen LogP contribution >= 0.6 is 0 Å². The van der Waals surface area contributed by atoms with Gasteiger partial charge in [0.25, 0.3) is 0 Å². The first-order valence-electron chi connectivity index (χ1n) is 6.58. The fourth-order valence-corrected chi connectivity index (χ4v) is 2.52. The monoisotopic (exact) mass is 241 g/mol. The van der Waals surface area contributed by atoms with Gasteiger partial charge in [0.1, 0.15) is 6.10 Å². The maximum atomic E-state index is 11.8. The molecule has 0 aliphatic heterocycles. The van der Waals surface area contributed by atoms with Gasteiger partial charge in [-0.1, -0.05) is 41.5 Å². The van der Waals surface area contributed by atoms with Gasteiger partial charge in [0.05, 0.1) is 0 Å². The van der Waals surface area contributed by atoms with E-state index in [1.165, 1.54) is 6.42 Å². The van der Waals surface area contributed by atoms with Crippen molar-refractivity contribution in [1.82, 2.24) is 5.32 Å². The lowest BCUT2D eigenvalue weighted by Crippen LogP contribution is -2.52. The third-order valence-corrected chi connectivity index (χ3v) is 3.32. The van der Waals surface area contributed by atoms with Crippen LogP contribution in [0.25, 0.3) is 0 Å². The van der Waals surface area contributed by atoms with Crippen LogP contribution in [0.2, 0.25) is 0 Å². The Kier molecular flexibility index (Phi) is 4.11. The molecule has 0 spiro atoms. The summed E-state index contributed by atoms with van der Waals surface area (Å²) < 4.78 is 5.36. The second-order valence-electron chi connectivity index (χ2n) is 7.27. The summed E-state index contributed by atoms with van der Waals surface area (Å²) in [5.74, 6) is 0. The highest BCUT2D eigenvalue weighted by Crippen LogP contribution is 2.33. The van der Waals surface area contributed by atoms with Crippen LogP contribution in [-0.4, -0.2) is 18.2 Å². The lowest BCUT2D eigenvalue weighted by molar-refractivity contribution is 0.0382. The molecule has 0 aromatic carbocycles. The Morgan fingerprint density at radius 1 is 1.12 bits per heavy atom. The highest BCUT2D eigenvalue weighted by atomic mass is 16.6. The molecule has 1 N–H and O–H groups in total. The molecule has 0 radical (unpaired) electrons. The van der Waals surface area contributed by atoms with Crippen molar-refractivity contribution in [3.8, 4) is 0 Å². The molecule has 0 bridgehead atoms. The maximum Gasteiger partial charge on any atom is 0.407 e. The molecule has 1 saturated carbocycles. The van der Waals surface area contributed by atoms with Gasteiger partial charge >= 0.3 is 6.09 Å². The maximum absolute atomic E-state index is 11.8. The SMILES string of the molecule is CC(C)(C)C(NC(=O)OC1CCC1)C(C)(C)C. The summed E-state index contributed by atoms with van der Waals surface area (Å²) >= 11 is 0. The predicted molar refractivity (Wildman–Crippen MR) is 70.0 cm³/mol. The number of alkyl carbamates (subject to hydrolysis) is 1. The van der Waals surface area contributed by atoms with Crippen LogP contribution in [0, 0.1) is 10.8 Å². The zero-order valence-electron chi connectivity index (χ0n) is 12.1. The van der Waals surface area contributed by atoms with Crippen LogP contribution < -0.4 is 5.32 Å². The van der Waals surface area contributed by atoms with E-state index in [0.29, 0.717) is 0 Å². The molecule has 0 saturated heterocycles. The second-order valence-corrected chi connectivity index (χ2v) is 7.27. The van der Waals surface area contributed by atoms with Gasteiger partial charge in [-0.25, -0.2) is 4.79 Å². The summed E-state index contributed by atoms with van der Waals surface area (Å²) in [6.45, 7) is 12.9. The Hall–Kier alpha value is -0.730. The van der Waals surface area contributed by atoms with Crippen LogP contribution in [0.5, 0.6) is 0 Å². The lowest BCUT2D eigenvalue weighted by Gasteiger charge is -2.41. The van der Waals surface area contributed by atoms with Crippen LogP contribution in [0.1, 0.15) is 60.8 Å². The summed E-state index contributed by atoms with van der Waals surface area (Å²) in [7, 11) is 0. The second kappa shape index (κ2) is 4.87. The minimum Gasteiger partial charge on any atom is -0.446 e. The zero-order valence-corrected chi connectivity index (χ0v) is 12.1. The van der Waals surface area contributed by atoms with Crippen molar-refractivity contribution in [2.45, 2.75) is 73.0 Å². The Morgan fingerprint density at radius 2 is 1.59 bits per heavy atom. The number of hydrogen-bond donors (Lipinski definition) is 1. The van der Waals surface area contributed by atoms with Gasteiger partial charge in [0.2, 0.25) is 0 Å². The standard InChI is InChI=1S/C14H27NO2/c1-13(2,3)11(14(4,5)6)15-12(16)17-10-8-7-9-10/h10-11H,7-9H2,1-6H3,(H,15,16). The number of carbonyl (C=O) groups excluding carboxylic acids is 1. The average Bonchev–Trinajstić information content (AvgIpc) is 2.03. The summed E-state index contributed by atoms with van der Waals surface area (Å²) in [6.07, 6.45) is 3.10. The number of carbonyl (C=O) groups is 1. The van der Waals surface area contributed by atoms with E-state index in [2.05, 4.69) is 46.9 Å². The van der Waals surface area contributed by atoms with Gasteiger partial charge in [-0.2, -0.15) is 0 Å². The molecule has 3 heteroatoms. The predicted octanol–water partition coefficient (Wildman–Crippen LogP) is 3.73. The van der Waals surface area contributed by atoms with E-state index >= 15 is 0 Å². The first-order chi connectivity index (χ1) is 7.60. The largest absolute Gasteiger partial charge is 0.446 e. The minimum absolute atomic E-state index is 0.0247. The van der Waals surface area contributed by atoms with E-state index in [0.717, 1.165) is 12.8 Å². The van der Waals surface area contributed by atoms with E-state index in [1.807, 2.05) is 0 Å². The summed E-state index contributed by atoms with van der Waals surface area (Å²) in [6, 6.07) is 0.0996. The van der Waals surface area contributed by atoms with Crippen LogP contribution in [0.3, 0.4) is 0 Å². The van der Waals surface area contributed by atoms with E-state index in [-0.39, 0.29) is 29.1 Å². The van der Waals surface area contributed by atoms with Gasteiger partial charge in [-0.05, 0) is 30.1 Å². The molecule has 1 fully saturated rings. The molecule has 1 rings (SSSR count). The Morgan fingerprint density at radius 3 is 1.88 bits per heavy atom. The van der Waals surface area contributed by atoms with Crippen molar-refractivity contribution in [3.63, 3.8) is 0 Å². The fraction of sp³-hybridized carbons (Fsp3) is 0.929. The van der Waals surface area contributed by atoms with E-state index in [1.54, 1.807) is 0 Å². The first kappa shape index (κ1) is 14.3. The van der Waals surface area contributed by atoms with Gasteiger partial charge in [0, 0.05) is 6.04 Å². The molecular weight excluding hydrogens is 214 g/mol.